The van der Waals surface area contributed by atoms with Gasteiger partial charge in [0.15, 0.2) is 9.84 Å². The number of hydrogen-bond donors (Lipinski definition) is 1. The molecule has 0 aliphatic carbocycles. The highest BCUT2D eigenvalue weighted by molar-refractivity contribution is 7.91. The summed E-state index contributed by atoms with van der Waals surface area (Å²) in [6.07, 6.45) is 4.89. The van der Waals surface area contributed by atoms with Crippen LogP contribution in [0.3, 0.4) is 0 Å². The third-order valence-corrected chi connectivity index (χ3v) is 4.66. The highest BCUT2D eigenvalue weighted by Crippen LogP contribution is 2.13. The maximum atomic E-state index is 12.1. The van der Waals surface area contributed by atoms with Crippen LogP contribution in [-0.2, 0) is 9.84 Å². The summed E-state index contributed by atoms with van der Waals surface area (Å²) in [6.45, 7) is 5.47. The summed E-state index contributed by atoms with van der Waals surface area (Å²) in [7, 11) is -3.26. The van der Waals surface area contributed by atoms with Gasteiger partial charge in [-0.2, -0.15) is 0 Å². The highest BCUT2D eigenvalue weighted by Gasteiger charge is 2.12. The fourth-order valence-corrected chi connectivity index (χ4v) is 3.05. The number of rotatable bonds is 8. The fraction of sp³-hybridized carbons (Fsp3) is 0.375. The molecule has 110 valence electrons. The van der Waals surface area contributed by atoms with Crippen LogP contribution in [0.4, 0.5) is 0 Å². The molecule has 1 rings (SSSR count). The summed E-state index contributed by atoms with van der Waals surface area (Å²) in [5.74, 6) is 0.000397. The Hall–Kier alpha value is -1.39. The van der Waals surface area contributed by atoms with Crippen LogP contribution >= 0.6 is 0 Å². The van der Waals surface area contributed by atoms with Gasteiger partial charge in [0.2, 0.25) is 0 Å². The van der Waals surface area contributed by atoms with E-state index in [9.17, 15) is 13.5 Å². The molecule has 0 unspecified atom stereocenters. The Kier molecular flexibility index (Phi) is 6.68. The molecule has 20 heavy (non-hydrogen) atoms. The molecule has 0 amide bonds. The summed E-state index contributed by atoms with van der Waals surface area (Å²) < 4.78 is 24.1. The molecule has 1 aromatic carbocycles. The maximum Gasteiger partial charge on any atom is 0.181 e. The Balaban J connectivity index is 2.56. The molecule has 0 fully saturated rings. The van der Waals surface area contributed by atoms with Crippen LogP contribution in [0.5, 0.6) is 0 Å². The van der Waals surface area contributed by atoms with Gasteiger partial charge in [-0.1, -0.05) is 35.9 Å². The zero-order valence-corrected chi connectivity index (χ0v) is 12.6. The van der Waals surface area contributed by atoms with Gasteiger partial charge in [0, 0.05) is 0 Å². The number of allylic oxidation sites excluding steroid dienone is 1. The second-order valence-electron chi connectivity index (χ2n) is 4.86. The van der Waals surface area contributed by atoms with Crippen molar-refractivity contribution < 1.29 is 13.5 Å². The molecular weight excluding hydrogens is 272 g/mol. The predicted molar refractivity (Wildman–Crippen MR) is 82.3 cm³/mol. The van der Waals surface area contributed by atoms with Gasteiger partial charge in [-0.05, 0) is 38.3 Å². The number of benzene rings is 1. The lowest BCUT2D eigenvalue weighted by Crippen LogP contribution is -2.06. The van der Waals surface area contributed by atoms with E-state index in [1.165, 1.54) is 0 Å². The van der Waals surface area contributed by atoms with Gasteiger partial charge < -0.3 is 5.11 Å². The average molecular weight is 294 g/mol. The van der Waals surface area contributed by atoms with Crippen LogP contribution in [0.1, 0.15) is 26.2 Å². The van der Waals surface area contributed by atoms with Crippen LogP contribution in [0, 0.1) is 0 Å². The minimum absolute atomic E-state index is 0.000397. The van der Waals surface area contributed by atoms with Gasteiger partial charge >= 0.3 is 0 Å². The monoisotopic (exact) mass is 294 g/mol. The Bertz CT molecular complexity index is 544. The van der Waals surface area contributed by atoms with Crippen molar-refractivity contribution in [1.82, 2.24) is 0 Å². The Morgan fingerprint density at radius 2 is 2.00 bits per heavy atom. The van der Waals surface area contributed by atoms with E-state index in [0.717, 1.165) is 5.57 Å². The Morgan fingerprint density at radius 1 is 1.35 bits per heavy atom. The van der Waals surface area contributed by atoms with Crippen molar-refractivity contribution in [2.75, 3.05) is 5.75 Å². The smallest absolute Gasteiger partial charge is 0.181 e. The Morgan fingerprint density at radius 3 is 2.60 bits per heavy atom. The molecule has 1 atom stereocenters. The standard InChI is InChI=1S/C16H22O3S/c1-3-7-15(17)11-10-14(2)12-13-20(18,19)16-8-5-4-6-9-16/h3-6,8-9,12,15,17H,1,7,10-11,13H2,2H3/b14-12+/t15-/m0/s1. The molecule has 0 saturated heterocycles. The number of sulfone groups is 1. The van der Waals surface area contributed by atoms with Crippen LogP contribution in [-0.4, -0.2) is 25.4 Å². The average Bonchev–Trinajstić information content (AvgIpc) is 2.44. The van der Waals surface area contributed by atoms with Gasteiger partial charge in [0.05, 0.1) is 16.8 Å². The van der Waals surface area contributed by atoms with E-state index in [0.29, 0.717) is 24.2 Å². The lowest BCUT2D eigenvalue weighted by molar-refractivity contribution is 0.168. The number of aliphatic hydroxyl groups is 1. The van der Waals surface area contributed by atoms with Crippen molar-refractivity contribution in [3.8, 4) is 0 Å². The zero-order valence-electron chi connectivity index (χ0n) is 11.8. The molecule has 0 bridgehead atoms. The fourth-order valence-electron chi connectivity index (χ4n) is 1.78. The van der Waals surface area contributed by atoms with Crippen molar-refractivity contribution in [2.24, 2.45) is 0 Å². The van der Waals surface area contributed by atoms with E-state index in [1.54, 1.807) is 42.5 Å². The van der Waals surface area contributed by atoms with Crippen LogP contribution in [0.25, 0.3) is 0 Å². The van der Waals surface area contributed by atoms with Gasteiger partial charge in [0.1, 0.15) is 0 Å². The lowest BCUT2D eigenvalue weighted by Gasteiger charge is -2.08. The second kappa shape index (κ2) is 8.02. The minimum atomic E-state index is -3.26. The van der Waals surface area contributed by atoms with E-state index in [4.69, 9.17) is 0 Å². The van der Waals surface area contributed by atoms with E-state index >= 15 is 0 Å². The van der Waals surface area contributed by atoms with E-state index in [2.05, 4.69) is 6.58 Å². The molecule has 0 heterocycles. The van der Waals surface area contributed by atoms with Crippen molar-refractivity contribution in [3.05, 3.63) is 54.6 Å². The molecule has 0 saturated carbocycles. The predicted octanol–water partition coefficient (Wildman–Crippen LogP) is 3.12. The Labute approximate surface area is 121 Å². The summed E-state index contributed by atoms with van der Waals surface area (Å²) >= 11 is 0. The van der Waals surface area contributed by atoms with Crippen LogP contribution in [0.2, 0.25) is 0 Å². The number of aliphatic hydroxyl groups excluding tert-OH is 1. The van der Waals surface area contributed by atoms with E-state index in [1.807, 2.05) is 6.92 Å². The van der Waals surface area contributed by atoms with Crippen molar-refractivity contribution in [1.29, 1.82) is 0 Å². The first kappa shape index (κ1) is 16.7. The quantitative estimate of drug-likeness (QED) is 0.749. The van der Waals surface area contributed by atoms with E-state index in [-0.39, 0.29) is 5.75 Å². The summed E-state index contributed by atoms with van der Waals surface area (Å²) in [5.41, 5.74) is 0.979. The van der Waals surface area contributed by atoms with Crippen molar-refractivity contribution in [2.45, 2.75) is 37.2 Å². The van der Waals surface area contributed by atoms with Crippen molar-refractivity contribution >= 4 is 9.84 Å². The summed E-state index contributed by atoms with van der Waals surface area (Å²) in [6, 6.07) is 8.43. The molecular formula is C16H22O3S. The van der Waals surface area contributed by atoms with Crippen LogP contribution in [0.15, 0.2) is 59.5 Å². The lowest BCUT2D eigenvalue weighted by atomic mass is 10.1. The molecule has 0 aromatic heterocycles. The SMILES string of the molecule is C=CC[C@H](O)CC/C(C)=C/CS(=O)(=O)c1ccccc1. The van der Waals surface area contributed by atoms with E-state index < -0.39 is 15.9 Å². The van der Waals surface area contributed by atoms with Gasteiger partial charge in [-0.3, -0.25) is 0 Å². The second-order valence-corrected chi connectivity index (χ2v) is 6.90. The zero-order chi connectivity index (χ0) is 15.0. The molecule has 0 radical (unpaired) electrons. The highest BCUT2D eigenvalue weighted by atomic mass is 32.2. The van der Waals surface area contributed by atoms with Crippen LogP contribution < -0.4 is 0 Å². The van der Waals surface area contributed by atoms with Gasteiger partial charge in [-0.15, -0.1) is 6.58 Å². The van der Waals surface area contributed by atoms with Gasteiger partial charge in [0.25, 0.3) is 0 Å². The molecule has 1 N–H and O–H groups in total. The maximum absolute atomic E-state index is 12.1. The first-order valence-corrected chi connectivity index (χ1v) is 8.33. The summed E-state index contributed by atoms with van der Waals surface area (Å²) in [5, 5.41) is 9.59. The third kappa shape index (κ3) is 5.72. The summed E-state index contributed by atoms with van der Waals surface area (Å²) in [4.78, 5) is 0.343. The molecule has 3 nitrogen and oxygen atoms in total. The van der Waals surface area contributed by atoms with Crippen molar-refractivity contribution in [3.63, 3.8) is 0 Å². The largest absolute Gasteiger partial charge is 0.393 e. The first-order valence-electron chi connectivity index (χ1n) is 6.68. The normalized spacial score (nSPS) is 14.0. The number of hydrogen-bond acceptors (Lipinski definition) is 3. The molecule has 0 aliphatic heterocycles. The molecule has 0 spiro atoms. The molecule has 0 aliphatic rings. The third-order valence-electron chi connectivity index (χ3n) is 3.06. The topological polar surface area (TPSA) is 54.4 Å². The first-order chi connectivity index (χ1) is 9.45. The molecule has 1 aromatic rings. The minimum Gasteiger partial charge on any atom is -0.393 e. The van der Waals surface area contributed by atoms with Gasteiger partial charge in [-0.25, -0.2) is 8.42 Å². The molecule has 4 heteroatoms.